The van der Waals surface area contributed by atoms with Gasteiger partial charge in [0, 0.05) is 11.3 Å². The van der Waals surface area contributed by atoms with E-state index in [-0.39, 0.29) is 6.61 Å². The van der Waals surface area contributed by atoms with Crippen molar-refractivity contribution in [3.8, 4) is 11.5 Å². The molecule has 0 fully saturated rings. The summed E-state index contributed by atoms with van der Waals surface area (Å²) in [6.45, 7) is 5.25. The number of benzene rings is 1. The van der Waals surface area contributed by atoms with E-state index in [1.54, 1.807) is 0 Å². The third kappa shape index (κ3) is 4.48. The number of aliphatic hydroxyl groups excluding tert-OH is 1. The fraction of sp³-hybridized carbons (Fsp3) is 0.538. The van der Waals surface area contributed by atoms with Crippen LogP contribution in [0.3, 0.4) is 0 Å². The molecule has 0 amide bonds. The SMILES string of the molecule is CCOc1cccc(CO)c1OCCSCC. The van der Waals surface area contributed by atoms with Crippen LogP contribution in [0.25, 0.3) is 0 Å². The monoisotopic (exact) mass is 256 g/mol. The van der Waals surface area contributed by atoms with Gasteiger partial charge in [0.15, 0.2) is 11.5 Å². The molecule has 96 valence electrons. The Hall–Kier alpha value is -0.870. The van der Waals surface area contributed by atoms with Gasteiger partial charge in [0.05, 0.1) is 19.8 Å². The largest absolute Gasteiger partial charge is 0.490 e. The van der Waals surface area contributed by atoms with E-state index in [9.17, 15) is 5.11 Å². The van der Waals surface area contributed by atoms with Gasteiger partial charge >= 0.3 is 0 Å². The van der Waals surface area contributed by atoms with Gasteiger partial charge in [-0.3, -0.25) is 0 Å². The molecule has 0 aliphatic rings. The number of rotatable bonds is 8. The number of hydrogen-bond donors (Lipinski definition) is 1. The minimum Gasteiger partial charge on any atom is -0.490 e. The minimum atomic E-state index is -0.0306. The molecule has 1 aromatic rings. The van der Waals surface area contributed by atoms with Gasteiger partial charge in [0.25, 0.3) is 0 Å². The first-order valence-electron chi connectivity index (χ1n) is 5.89. The van der Waals surface area contributed by atoms with Crippen molar-refractivity contribution in [2.24, 2.45) is 0 Å². The van der Waals surface area contributed by atoms with E-state index in [1.165, 1.54) is 0 Å². The lowest BCUT2D eigenvalue weighted by atomic mass is 10.2. The third-order valence-corrected chi connectivity index (χ3v) is 3.07. The topological polar surface area (TPSA) is 38.7 Å². The maximum Gasteiger partial charge on any atom is 0.166 e. The van der Waals surface area contributed by atoms with Crippen LogP contribution < -0.4 is 9.47 Å². The molecule has 3 nitrogen and oxygen atoms in total. The van der Waals surface area contributed by atoms with Crippen molar-refractivity contribution in [3.63, 3.8) is 0 Å². The summed E-state index contributed by atoms with van der Waals surface area (Å²) in [4.78, 5) is 0. The molecule has 1 rings (SSSR count). The highest BCUT2D eigenvalue weighted by Gasteiger charge is 2.09. The normalized spacial score (nSPS) is 10.3. The minimum absolute atomic E-state index is 0.0306. The number of ether oxygens (including phenoxy) is 2. The van der Waals surface area contributed by atoms with Crippen LogP contribution >= 0.6 is 11.8 Å². The van der Waals surface area contributed by atoms with Crippen molar-refractivity contribution in [1.29, 1.82) is 0 Å². The number of aliphatic hydroxyl groups is 1. The molecule has 0 radical (unpaired) electrons. The van der Waals surface area contributed by atoms with Crippen LogP contribution in [-0.2, 0) is 6.61 Å². The summed E-state index contributed by atoms with van der Waals surface area (Å²) in [7, 11) is 0. The van der Waals surface area contributed by atoms with E-state index >= 15 is 0 Å². The van der Waals surface area contributed by atoms with E-state index < -0.39 is 0 Å². The zero-order valence-electron chi connectivity index (χ0n) is 10.4. The summed E-state index contributed by atoms with van der Waals surface area (Å²) in [6, 6.07) is 5.58. The van der Waals surface area contributed by atoms with Gasteiger partial charge in [-0.05, 0) is 18.7 Å². The van der Waals surface area contributed by atoms with E-state index in [4.69, 9.17) is 9.47 Å². The molecule has 0 aromatic heterocycles. The Morgan fingerprint density at radius 2 is 2.06 bits per heavy atom. The van der Waals surface area contributed by atoms with Crippen molar-refractivity contribution in [2.75, 3.05) is 24.7 Å². The fourth-order valence-corrected chi connectivity index (χ4v) is 1.96. The molecule has 4 heteroatoms. The van der Waals surface area contributed by atoms with Crippen molar-refractivity contribution in [2.45, 2.75) is 20.5 Å². The smallest absolute Gasteiger partial charge is 0.166 e. The lowest BCUT2D eigenvalue weighted by Gasteiger charge is -2.14. The van der Waals surface area contributed by atoms with Crippen LogP contribution in [0.5, 0.6) is 11.5 Å². The zero-order chi connectivity index (χ0) is 12.5. The summed E-state index contributed by atoms with van der Waals surface area (Å²) in [6.07, 6.45) is 0. The first-order valence-corrected chi connectivity index (χ1v) is 7.05. The van der Waals surface area contributed by atoms with Gasteiger partial charge < -0.3 is 14.6 Å². The summed E-state index contributed by atoms with van der Waals surface area (Å²) in [5.74, 6) is 3.42. The summed E-state index contributed by atoms with van der Waals surface area (Å²) in [5, 5.41) is 9.27. The second-order valence-electron chi connectivity index (χ2n) is 3.38. The summed E-state index contributed by atoms with van der Waals surface area (Å²) >= 11 is 1.83. The van der Waals surface area contributed by atoms with Crippen LogP contribution in [-0.4, -0.2) is 29.8 Å². The van der Waals surface area contributed by atoms with Crippen molar-refractivity contribution < 1.29 is 14.6 Å². The molecule has 0 bridgehead atoms. The lowest BCUT2D eigenvalue weighted by molar-refractivity contribution is 0.255. The zero-order valence-corrected chi connectivity index (χ0v) is 11.3. The van der Waals surface area contributed by atoms with E-state index in [0.29, 0.717) is 24.7 Å². The second kappa shape index (κ2) is 8.25. The average molecular weight is 256 g/mol. The Morgan fingerprint density at radius 3 is 2.71 bits per heavy atom. The molecule has 0 heterocycles. The Bertz CT molecular complexity index is 328. The van der Waals surface area contributed by atoms with Crippen molar-refractivity contribution >= 4 is 11.8 Å². The van der Waals surface area contributed by atoms with Crippen LogP contribution in [0, 0.1) is 0 Å². The molecule has 0 saturated carbocycles. The standard InChI is InChI=1S/C13H20O3S/c1-3-15-12-7-5-6-11(10-14)13(12)16-8-9-17-4-2/h5-7,14H,3-4,8-10H2,1-2H3. The average Bonchev–Trinajstić information content (AvgIpc) is 2.36. The van der Waals surface area contributed by atoms with Crippen LogP contribution in [0.4, 0.5) is 0 Å². The molecule has 1 N–H and O–H groups in total. The van der Waals surface area contributed by atoms with Gasteiger partial charge in [-0.25, -0.2) is 0 Å². The molecule has 1 aromatic carbocycles. The summed E-state index contributed by atoms with van der Waals surface area (Å²) < 4.78 is 11.2. The number of para-hydroxylation sites is 1. The van der Waals surface area contributed by atoms with Gasteiger partial charge in [-0.1, -0.05) is 19.1 Å². The Balaban J connectivity index is 2.70. The highest BCUT2D eigenvalue weighted by atomic mass is 32.2. The van der Waals surface area contributed by atoms with E-state index in [2.05, 4.69) is 6.92 Å². The van der Waals surface area contributed by atoms with Gasteiger partial charge in [-0.2, -0.15) is 11.8 Å². The summed E-state index contributed by atoms with van der Waals surface area (Å²) in [5.41, 5.74) is 0.775. The molecular formula is C13H20O3S. The van der Waals surface area contributed by atoms with Crippen LogP contribution in [0.2, 0.25) is 0 Å². The molecule has 0 saturated heterocycles. The van der Waals surface area contributed by atoms with Crippen molar-refractivity contribution in [1.82, 2.24) is 0 Å². The van der Waals surface area contributed by atoms with Crippen molar-refractivity contribution in [3.05, 3.63) is 23.8 Å². The molecule has 0 unspecified atom stereocenters. The molecule has 0 spiro atoms. The molecule has 0 aliphatic heterocycles. The van der Waals surface area contributed by atoms with E-state index in [1.807, 2.05) is 36.9 Å². The third-order valence-electron chi connectivity index (χ3n) is 2.21. The maximum absolute atomic E-state index is 9.27. The number of thioether (sulfide) groups is 1. The second-order valence-corrected chi connectivity index (χ2v) is 4.77. The first kappa shape index (κ1) is 14.2. The maximum atomic E-state index is 9.27. The van der Waals surface area contributed by atoms with Gasteiger partial charge in [-0.15, -0.1) is 0 Å². The van der Waals surface area contributed by atoms with E-state index in [0.717, 1.165) is 17.1 Å². The predicted molar refractivity (Wildman–Crippen MR) is 72.0 cm³/mol. The van der Waals surface area contributed by atoms with Gasteiger partial charge in [0.1, 0.15) is 0 Å². The highest BCUT2D eigenvalue weighted by Crippen LogP contribution is 2.31. The lowest BCUT2D eigenvalue weighted by Crippen LogP contribution is -2.05. The first-order chi connectivity index (χ1) is 8.33. The Labute approximate surface area is 107 Å². The van der Waals surface area contributed by atoms with Crippen LogP contribution in [0.15, 0.2) is 18.2 Å². The van der Waals surface area contributed by atoms with Crippen LogP contribution in [0.1, 0.15) is 19.4 Å². The molecular weight excluding hydrogens is 236 g/mol. The Morgan fingerprint density at radius 1 is 1.24 bits per heavy atom. The Kier molecular flexibility index (Phi) is 6.89. The predicted octanol–water partition coefficient (Wildman–Crippen LogP) is 2.71. The van der Waals surface area contributed by atoms with Gasteiger partial charge in [0.2, 0.25) is 0 Å². The highest BCUT2D eigenvalue weighted by molar-refractivity contribution is 7.99. The fourth-order valence-electron chi connectivity index (χ4n) is 1.47. The molecule has 0 aliphatic carbocycles. The molecule has 0 atom stereocenters. The molecule has 17 heavy (non-hydrogen) atoms. The number of hydrogen-bond acceptors (Lipinski definition) is 4. The quantitative estimate of drug-likeness (QED) is 0.726.